The van der Waals surface area contributed by atoms with Crippen molar-refractivity contribution in [2.24, 2.45) is 0 Å². The molecule has 1 amide bonds. The highest BCUT2D eigenvalue weighted by Gasteiger charge is 2.21. The van der Waals surface area contributed by atoms with Crippen molar-refractivity contribution in [1.29, 1.82) is 0 Å². The molecular formula is C22H28N6O2S2. The van der Waals surface area contributed by atoms with Crippen LogP contribution in [-0.2, 0) is 22.6 Å². The third-order valence-electron chi connectivity index (χ3n) is 5.22. The van der Waals surface area contributed by atoms with Gasteiger partial charge in [0.25, 0.3) is 0 Å². The van der Waals surface area contributed by atoms with Gasteiger partial charge in [0.1, 0.15) is 0 Å². The standard InChI is InChI=1S/C22H28N6O2S2/c1-14-6-7-18(15(2)9-14)23-11-19-26-27-22(28(19)12-17-5-4-8-30-17)31-13-20(29)25-21-24-10-16(3)32-21/h6-7,9-10,17,23H,4-5,8,11-13H2,1-3H3,(H,24,25,29)/t17-/m0/s1. The van der Waals surface area contributed by atoms with Gasteiger partial charge in [-0.25, -0.2) is 4.98 Å². The van der Waals surface area contributed by atoms with Crippen molar-refractivity contribution < 1.29 is 9.53 Å². The molecule has 2 aromatic heterocycles. The van der Waals surface area contributed by atoms with Gasteiger partial charge < -0.3 is 19.9 Å². The number of thiazole rings is 1. The summed E-state index contributed by atoms with van der Waals surface area (Å²) in [7, 11) is 0. The van der Waals surface area contributed by atoms with Crippen molar-refractivity contribution in [2.45, 2.75) is 58.0 Å². The van der Waals surface area contributed by atoms with Gasteiger partial charge in [-0.1, -0.05) is 29.5 Å². The van der Waals surface area contributed by atoms with Crippen LogP contribution in [0.3, 0.4) is 0 Å². The molecule has 10 heteroatoms. The molecule has 1 saturated heterocycles. The average molecular weight is 473 g/mol. The number of hydrogen-bond acceptors (Lipinski definition) is 8. The molecule has 3 aromatic rings. The molecule has 2 N–H and O–H groups in total. The number of carbonyl (C=O) groups is 1. The van der Waals surface area contributed by atoms with Crippen LogP contribution in [-0.4, -0.2) is 44.1 Å². The maximum absolute atomic E-state index is 12.4. The van der Waals surface area contributed by atoms with E-state index in [1.165, 1.54) is 34.2 Å². The van der Waals surface area contributed by atoms with Gasteiger partial charge in [0.15, 0.2) is 16.1 Å². The van der Waals surface area contributed by atoms with E-state index in [0.717, 1.165) is 41.0 Å². The minimum Gasteiger partial charge on any atom is -0.378 e. The van der Waals surface area contributed by atoms with E-state index in [1.54, 1.807) is 6.20 Å². The fourth-order valence-electron chi connectivity index (χ4n) is 3.62. The van der Waals surface area contributed by atoms with Crippen molar-refractivity contribution >= 4 is 39.8 Å². The lowest BCUT2D eigenvalue weighted by Crippen LogP contribution is -2.20. The highest BCUT2D eigenvalue weighted by atomic mass is 32.2. The predicted molar refractivity (Wildman–Crippen MR) is 128 cm³/mol. The molecule has 1 aliphatic heterocycles. The summed E-state index contributed by atoms with van der Waals surface area (Å²) in [6.07, 6.45) is 4.00. The molecule has 32 heavy (non-hydrogen) atoms. The molecule has 0 saturated carbocycles. The summed E-state index contributed by atoms with van der Waals surface area (Å²) in [5, 5.41) is 16.5. The lowest BCUT2D eigenvalue weighted by molar-refractivity contribution is -0.113. The number of rotatable bonds is 9. The Kier molecular flexibility index (Phi) is 7.44. The van der Waals surface area contributed by atoms with Gasteiger partial charge >= 0.3 is 0 Å². The van der Waals surface area contributed by atoms with E-state index in [4.69, 9.17) is 4.74 Å². The number of carbonyl (C=O) groups excluding carboxylic acids is 1. The highest BCUT2D eigenvalue weighted by molar-refractivity contribution is 7.99. The number of aryl methyl sites for hydroxylation is 3. The Hall–Kier alpha value is -2.43. The lowest BCUT2D eigenvalue weighted by atomic mass is 10.1. The molecule has 170 valence electrons. The van der Waals surface area contributed by atoms with E-state index in [9.17, 15) is 4.79 Å². The number of hydrogen-bond donors (Lipinski definition) is 2. The van der Waals surface area contributed by atoms with Crippen molar-refractivity contribution in [3.05, 3.63) is 46.2 Å². The Morgan fingerprint density at radius 3 is 2.91 bits per heavy atom. The number of ether oxygens (including phenoxy) is 1. The van der Waals surface area contributed by atoms with Crippen LogP contribution in [0.1, 0.15) is 34.7 Å². The highest BCUT2D eigenvalue weighted by Crippen LogP contribution is 2.24. The third kappa shape index (κ3) is 5.87. The van der Waals surface area contributed by atoms with Gasteiger partial charge in [0.2, 0.25) is 5.91 Å². The number of aromatic nitrogens is 4. The van der Waals surface area contributed by atoms with Crippen LogP contribution in [0.25, 0.3) is 0 Å². The number of nitrogens with one attached hydrogen (secondary N) is 2. The molecule has 0 unspecified atom stereocenters. The van der Waals surface area contributed by atoms with Crippen LogP contribution >= 0.6 is 23.1 Å². The molecule has 0 spiro atoms. The van der Waals surface area contributed by atoms with Crippen LogP contribution < -0.4 is 10.6 Å². The molecule has 1 atom stereocenters. The van der Waals surface area contributed by atoms with E-state index >= 15 is 0 Å². The SMILES string of the molecule is Cc1ccc(NCc2nnc(SCC(=O)Nc3ncc(C)s3)n2C[C@@H]2CCCO2)c(C)c1. The Labute approximate surface area is 196 Å². The molecule has 1 aromatic carbocycles. The summed E-state index contributed by atoms with van der Waals surface area (Å²) >= 11 is 2.85. The first-order valence-electron chi connectivity index (χ1n) is 10.7. The molecule has 1 fully saturated rings. The maximum atomic E-state index is 12.4. The topological polar surface area (TPSA) is 94.0 Å². The summed E-state index contributed by atoms with van der Waals surface area (Å²) < 4.78 is 7.93. The van der Waals surface area contributed by atoms with Gasteiger partial charge in [-0.2, -0.15) is 0 Å². The Balaban J connectivity index is 1.43. The normalized spacial score (nSPS) is 15.8. The number of benzene rings is 1. The van der Waals surface area contributed by atoms with Crippen LogP contribution in [0.2, 0.25) is 0 Å². The molecule has 1 aliphatic rings. The Morgan fingerprint density at radius 2 is 2.19 bits per heavy atom. The van der Waals surface area contributed by atoms with Gasteiger partial charge in [0.05, 0.1) is 24.9 Å². The second-order valence-corrected chi connectivity index (χ2v) is 10.1. The van der Waals surface area contributed by atoms with Crippen LogP contribution in [0, 0.1) is 20.8 Å². The minimum atomic E-state index is -0.106. The fraction of sp³-hybridized carbons (Fsp3) is 0.455. The zero-order chi connectivity index (χ0) is 22.5. The third-order valence-corrected chi connectivity index (χ3v) is 7.02. The summed E-state index contributed by atoms with van der Waals surface area (Å²) in [6.45, 7) is 8.17. The number of amides is 1. The van der Waals surface area contributed by atoms with E-state index in [1.807, 2.05) is 6.92 Å². The summed E-state index contributed by atoms with van der Waals surface area (Å²) in [6, 6.07) is 6.34. The van der Waals surface area contributed by atoms with Crippen LogP contribution in [0.15, 0.2) is 29.6 Å². The van der Waals surface area contributed by atoms with Gasteiger partial charge in [-0.3, -0.25) is 4.79 Å². The van der Waals surface area contributed by atoms with Crippen molar-refractivity contribution in [3.8, 4) is 0 Å². The van der Waals surface area contributed by atoms with Crippen molar-refractivity contribution in [2.75, 3.05) is 23.0 Å². The monoisotopic (exact) mass is 472 g/mol. The minimum absolute atomic E-state index is 0.106. The fourth-order valence-corrected chi connectivity index (χ4v) is 5.06. The number of nitrogens with zero attached hydrogens (tertiary/aromatic N) is 4. The van der Waals surface area contributed by atoms with E-state index in [-0.39, 0.29) is 17.8 Å². The molecule has 0 radical (unpaired) electrons. The molecule has 8 nitrogen and oxygen atoms in total. The van der Waals surface area contributed by atoms with Crippen LogP contribution in [0.4, 0.5) is 10.8 Å². The van der Waals surface area contributed by atoms with Crippen molar-refractivity contribution in [1.82, 2.24) is 19.7 Å². The van der Waals surface area contributed by atoms with Crippen molar-refractivity contribution in [3.63, 3.8) is 0 Å². The first-order chi connectivity index (χ1) is 15.5. The van der Waals surface area contributed by atoms with E-state index in [0.29, 0.717) is 18.2 Å². The molecule has 0 aliphatic carbocycles. The first kappa shape index (κ1) is 22.8. The second kappa shape index (κ2) is 10.5. The zero-order valence-corrected chi connectivity index (χ0v) is 20.2. The molecular weight excluding hydrogens is 444 g/mol. The summed E-state index contributed by atoms with van der Waals surface area (Å²) in [5.41, 5.74) is 3.51. The lowest BCUT2D eigenvalue weighted by Gasteiger charge is -2.16. The quantitative estimate of drug-likeness (QED) is 0.451. The second-order valence-electron chi connectivity index (χ2n) is 7.93. The largest absolute Gasteiger partial charge is 0.378 e. The Bertz CT molecular complexity index is 1070. The van der Waals surface area contributed by atoms with Gasteiger partial charge in [0, 0.05) is 23.4 Å². The van der Waals surface area contributed by atoms with Gasteiger partial charge in [-0.15, -0.1) is 21.5 Å². The smallest absolute Gasteiger partial charge is 0.236 e. The zero-order valence-electron chi connectivity index (χ0n) is 18.6. The number of anilines is 2. The predicted octanol–water partition coefficient (Wildman–Crippen LogP) is 4.18. The first-order valence-corrected chi connectivity index (χ1v) is 12.5. The van der Waals surface area contributed by atoms with E-state index in [2.05, 4.69) is 62.4 Å². The molecule has 4 rings (SSSR count). The Morgan fingerprint density at radius 1 is 1.31 bits per heavy atom. The molecule has 0 bridgehead atoms. The van der Waals surface area contributed by atoms with E-state index < -0.39 is 0 Å². The molecule has 3 heterocycles. The number of thioether (sulfide) groups is 1. The van der Waals surface area contributed by atoms with Gasteiger partial charge in [-0.05, 0) is 45.2 Å². The average Bonchev–Trinajstić information content (AvgIpc) is 3.49. The maximum Gasteiger partial charge on any atom is 0.236 e. The van der Waals surface area contributed by atoms with Crippen LogP contribution in [0.5, 0.6) is 0 Å². The summed E-state index contributed by atoms with van der Waals surface area (Å²) in [5.74, 6) is 0.970. The summed E-state index contributed by atoms with van der Waals surface area (Å²) in [4.78, 5) is 17.6.